The lowest BCUT2D eigenvalue weighted by molar-refractivity contribution is -0.432. The van der Waals surface area contributed by atoms with Crippen LogP contribution in [0.25, 0.3) is 0 Å². The summed E-state index contributed by atoms with van der Waals surface area (Å²) in [4.78, 5) is 0. The van der Waals surface area contributed by atoms with Crippen molar-refractivity contribution in [1.29, 1.82) is 0 Å². The van der Waals surface area contributed by atoms with Gasteiger partial charge < -0.3 is 14.2 Å². The highest BCUT2D eigenvalue weighted by molar-refractivity contribution is 5.36. The minimum absolute atomic E-state index is 0.163. The van der Waals surface area contributed by atoms with Crippen LogP contribution in [-0.4, -0.2) is 13.0 Å². The van der Waals surface area contributed by atoms with Gasteiger partial charge in [0.05, 0.1) is 18.3 Å². The van der Waals surface area contributed by atoms with E-state index in [4.69, 9.17) is 4.74 Å². The summed E-state index contributed by atoms with van der Waals surface area (Å²) in [6, 6.07) is 5.45. The van der Waals surface area contributed by atoms with Gasteiger partial charge in [0.25, 0.3) is 0 Å². The zero-order valence-electron chi connectivity index (χ0n) is 27.5. The normalized spacial score (nSPS) is 21.9. The van der Waals surface area contributed by atoms with Crippen LogP contribution in [0.3, 0.4) is 0 Å². The van der Waals surface area contributed by atoms with Gasteiger partial charge in [0.2, 0.25) is 0 Å². The van der Waals surface area contributed by atoms with Gasteiger partial charge in [-0.25, -0.2) is 17.9 Å². The third-order valence-corrected chi connectivity index (χ3v) is 9.48. The first-order valence-electron chi connectivity index (χ1n) is 16.6. The van der Waals surface area contributed by atoms with Crippen molar-refractivity contribution in [2.75, 3.05) is 6.61 Å². The predicted molar refractivity (Wildman–Crippen MR) is 161 cm³/mol. The van der Waals surface area contributed by atoms with Crippen LogP contribution in [0.5, 0.6) is 11.5 Å². The van der Waals surface area contributed by atoms with Crippen LogP contribution in [0.2, 0.25) is 0 Å². The molecule has 2 aliphatic rings. The third-order valence-electron chi connectivity index (χ3n) is 9.48. The number of ether oxygens (including phenoxy) is 4. The first kappa shape index (κ1) is 39.5. The Morgan fingerprint density at radius 1 is 0.635 bits per heavy atom. The molecule has 1 heterocycles. The van der Waals surface area contributed by atoms with Gasteiger partial charge >= 0.3 is 24.7 Å². The molecule has 0 bridgehead atoms. The van der Waals surface area contributed by atoms with Gasteiger partial charge in [-0.2, -0.15) is 26.3 Å². The maximum atomic E-state index is 15.0. The Morgan fingerprint density at radius 3 is 1.75 bits per heavy atom. The van der Waals surface area contributed by atoms with Crippen molar-refractivity contribution >= 4 is 0 Å². The van der Waals surface area contributed by atoms with E-state index in [0.29, 0.717) is 30.1 Å². The second-order valence-electron chi connectivity index (χ2n) is 13.1. The van der Waals surface area contributed by atoms with Crippen molar-refractivity contribution in [2.45, 2.75) is 89.1 Å². The summed E-state index contributed by atoms with van der Waals surface area (Å²) >= 11 is 0. The van der Waals surface area contributed by atoms with Gasteiger partial charge in [-0.15, -0.1) is 13.2 Å². The zero-order chi connectivity index (χ0) is 38.1. The van der Waals surface area contributed by atoms with Crippen molar-refractivity contribution in [3.8, 4) is 11.5 Å². The van der Waals surface area contributed by atoms with E-state index in [-0.39, 0.29) is 30.4 Å². The molecule has 1 saturated heterocycles. The maximum Gasteiger partial charge on any atom is 0.527 e. The fourth-order valence-corrected chi connectivity index (χ4v) is 6.94. The van der Waals surface area contributed by atoms with Gasteiger partial charge in [-0.05, 0) is 73.3 Å². The Morgan fingerprint density at radius 2 is 1.21 bits per heavy atom. The van der Waals surface area contributed by atoms with E-state index in [2.05, 4.69) is 21.1 Å². The van der Waals surface area contributed by atoms with Crippen molar-refractivity contribution in [3.63, 3.8) is 0 Å². The van der Waals surface area contributed by atoms with Crippen LogP contribution >= 0.6 is 0 Å². The molecule has 2 fully saturated rings. The highest BCUT2D eigenvalue weighted by atomic mass is 19.4. The highest BCUT2D eigenvalue weighted by Gasteiger charge is 2.50. The number of halogens is 12. The van der Waals surface area contributed by atoms with Gasteiger partial charge in [-0.1, -0.05) is 44.7 Å². The molecule has 0 amide bonds. The third kappa shape index (κ3) is 9.46. The summed E-state index contributed by atoms with van der Waals surface area (Å²) in [6.45, 7) is 2.78. The summed E-state index contributed by atoms with van der Waals surface area (Å²) in [5.74, 6) is -7.37. The lowest BCUT2D eigenvalue weighted by Gasteiger charge is -2.38. The topological polar surface area (TPSA) is 36.9 Å². The van der Waals surface area contributed by atoms with Crippen LogP contribution < -0.4 is 9.47 Å². The van der Waals surface area contributed by atoms with E-state index in [9.17, 15) is 43.9 Å². The lowest BCUT2D eigenvalue weighted by Crippen LogP contribution is -2.30. The quantitative estimate of drug-likeness (QED) is 0.172. The largest absolute Gasteiger partial charge is 0.527 e. The molecular formula is C36H34F12O4. The van der Waals surface area contributed by atoms with Gasteiger partial charge in [0.1, 0.15) is 40.1 Å². The summed E-state index contributed by atoms with van der Waals surface area (Å²) in [5.41, 5.74) is -4.16. The fraction of sp³-hybridized carbons (Fsp3) is 0.500. The minimum atomic E-state index is -6.03. The number of hydrogen-bond donors (Lipinski definition) is 0. The first-order chi connectivity index (χ1) is 24.3. The summed E-state index contributed by atoms with van der Waals surface area (Å²) in [7, 11) is 0. The summed E-state index contributed by atoms with van der Waals surface area (Å²) in [5, 5.41) is 0. The summed E-state index contributed by atoms with van der Waals surface area (Å²) < 4.78 is 184. The van der Waals surface area contributed by atoms with Crippen LogP contribution in [0, 0.1) is 35.2 Å². The van der Waals surface area contributed by atoms with Crippen molar-refractivity contribution in [2.24, 2.45) is 17.8 Å². The number of hydrogen-bond acceptors (Lipinski definition) is 4. The number of alkyl halides is 9. The van der Waals surface area contributed by atoms with E-state index in [1.165, 1.54) is 50.7 Å². The van der Waals surface area contributed by atoms with Crippen molar-refractivity contribution in [3.05, 3.63) is 94.3 Å². The van der Waals surface area contributed by atoms with E-state index in [1.54, 1.807) is 0 Å². The second kappa shape index (κ2) is 15.4. The van der Waals surface area contributed by atoms with Crippen LogP contribution in [0.15, 0.2) is 54.6 Å². The Hall–Kier alpha value is -3.66. The number of benzene rings is 3. The Kier molecular flexibility index (Phi) is 11.7. The first-order valence-corrected chi connectivity index (χ1v) is 16.6. The van der Waals surface area contributed by atoms with Crippen LogP contribution in [-0.2, 0) is 27.8 Å². The monoisotopic (exact) mass is 758 g/mol. The molecular weight excluding hydrogens is 724 g/mol. The molecule has 286 valence electrons. The molecule has 0 radical (unpaired) electrons. The molecule has 5 rings (SSSR count). The molecule has 2 unspecified atom stereocenters. The molecule has 1 aliphatic heterocycles. The number of rotatable bonds is 12. The Bertz CT molecular complexity index is 1640. The van der Waals surface area contributed by atoms with Gasteiger partial charge in [0, 0.05) is 18.2 Å². The molecule has 52 heavy (non-hydrogen) atoms. The van der Waals surface area contributed by atoms with E-state index in [0.717, 1.165) is 30.9 Å². The average Bonchev–Trinajstić information content (AvgIpc) is 3.03. The predicted octanol–water partition coefficient (Wildman–Crippen LogP) is 12.0. The van der Waals surface area contributed by atoms with Crippen molar-refractivity contribution < 1.29 is 71.6 Å². The van der Waals surface area contributed by atoms with Crippen molar-refractivity contribution in [1.82, 2.24) is 0 Å². The standard InChI is InChI=1S/C36H34F12O4/c1-2-3-20-4-6-21(7-5-20)23-10-15-31(49-19-23)22-8-11-24(12-9-22)33(40,41)50-25-13-14-27(28(37)16-25)34(42,43)51-26-17-29(38)32(30(39)18-26)35(44,45)52-36(46,47)48/h8-9,11-14,16-18,20-21,23,31H,2-7,10,15,19H2,1H3. The smallest absolute Gasteiger partial charge is 0.429 e. The summed E-state index contributed by atoms with van der Waals surface area (Å²) in [6.07, 6.45) is -11.8. The SMILES string of the molecule is CCCC1CCC(C2CCC(c3ccc(C(F)(F)Oc4ccc(C(F)(F)Oc5cc(F)c(C(F)(F)OC(F)(F)F)c(F)c5)c(F)c4)cc3)OC2)CC1. The zero-order valence-corrected chi connectivity index (χ0v) is 27.5. The van der Waals surface area contributed by atoms with Crippen LogP contribution in [0.4, 0.5) is 52.7 Å². The molecule has 3 aromatic rings. The fourth-order valence-electron chi connectivity index (χ4n) is 6.94. The minimum Gasteiger partial charge on any atom is -0.429 e. The molecule has 16 heteroatoms. The molecule has 4 nitrogen and oxygen atoms in total. The molecule has 1 saturated carbocycles. The lowest BCUT2D eigenvalue weighted by atomic mass is 9.73. The Labute approximate surface area is 291 Å². The molecule has 0 aromatic heterocycles. The Balaban J connectivity index is 1.19. The molecule has 2 atom stereocenters. The van der Waals surface area contributed by atoms with E-state index in [1.807, 2.05) is 0 Å². The van der Waals surface area contributed by atoms with E-state index >= 15 is 8.78 Å². The molecule has 3 aromatic carbocycles. The van der Waals surface area contributed by atoms with E-state index < -0.39 is 70.3 Å². The van der Waals surface area contributed by atoms with Crippen LogP contribution in [0.1, 0.15) is 86.6 Å². The van der Waals surface area contributed by atoms with Gasteiger partial charge in [-0.3, -0.25) is 0 Å². The molecule has 1 aliphatic carbocycles. The maximum absolute atomic E-state index is 15.0. The molecule has 0 N–H and O–H groups in total. The van der Waals surface area contributed by atoms with Gasteiger partial charge in [0.15, 0.2) is 0 Å². The molecule has 0 spiro atoms. The highest BCUT2D eigenvalue weighted by Crippen LogP contribution is 2.44. The average molecular weight is 759 g/mol. The second-order valence-corrected chi connectivity index (χ2v) is 13.1.